The molecule has 0 radical (unpaired) electrons. The summed E-state index contributed by atoms with van der Waals surface area (Å²) in [6.45, 7) is 0.909. The molecule has 0 saturated heterocycles. The highest BCUT2D eigenvalue weighted by Gasteiger charge is 2.17. The summed E-state index contributed by atoms with van der Waals surface area (Å²) >= 11 is 0. The zero-order valence-electron chi connectivity index (χ0n) is 8.60. The maximum atomic E-state index is 10.8. The molecule has 1 rings (SSSR count). The van der Waals surface area contributed by atoms with Crippen LogP contribution in [0.15, 0.2) is 0 Å². The quantitative estimate of drug-likeness (QED) is 0.624. The van der Waals surface area contributed by atoms with Gasteiger partial charge in [0.15, 0.2) is 6.29 Å². The molecular weight excluding hydrogens is 214 g/mol. The van der Waals surface area contributed by atoms with Crippen LogP contribution in [-0.4, -0.2) is 32.6 Å². The van der Waals surface area contributed by atoms with Crippen molar-refractivity contribution in [2.45, 2.75) is 20.0 Å². The zero-order chi connectivity index (χ0) is 12.3. The van der Waals surface area contributed by atoms with Crippen LogP contribution in [0.5, 0.6) is 5.75 Å². The van der Waals surface area contributed by atoms with Gasteiger partial charge in [-0.25, -0.2) is 0 Å². The number of aldehydes is 1. The first-order valence-electron chi connectivity index (χ1n) is 4.50. The normalized spacial score (nSPS) is 10.1. The van der Waals surface area contributed by atoms with Crippen molar-refractivity contribution < 1.29 is 24.9 Å². The second-order valence-electron chi connectivity index (χ2n) is 3.23. The van der Waals surface area contributed by atoms with E-state index in [2.05, 4.69) is 4.98 Å². The molecular formula is C10H11NO5. The fourth-order valence-corrected chi connectivity index (χ4v) is 1.41. The molecule has 16 heavy (non-hydrogen) atoms. The van der Waals surface area contributed by atoms with Crippen molar-refractivity contribution in [3.05, 3.63) is 22.5 Å². The predicted molar refractivity (Wildman–Crippen MR) is 53.3 cm³/mol. The van der Waals surface area contributed by atoms with Gasteiger partial charge in [-0.3, -0.25) is 14.6 Å². The highest BCUT2D eigenvalue weighted by Crippen LogP contribution is 2.25. The second kappa shape index (κ2) is 4.71. The fraction of sp³-hybridized carbons (Fsp3) is 0.300. The first-order valence-corrected chi connectivity index (χ1v) is 4.50. The molecule has 0 aliphatic rings. The minimum absolute atomic E-state index is 0.0560. The lowest BCUT2D eigenvalue weighted by molar-refractivity contribution is -0.136. The highest BCUT2D eigenvalue weighted by atomic mass is 16.4. The van der Waals surface area contributed by atoms with Gasteiger partial charge in [-0.2, -0.15) is 0 Å². The fourth-order valence-electron chi connectivity index (χ4n) is 1.41. The number of aryl methyl sites for hydroxylation is 1. The van der Waals surface area contributed by atoms with Crippen molar-refractivity contribution in [2.75, 3.05) is 0 Å². The van der Waals surface area contributed by atoms with Gasteiger partial charge in [0.1, 0.15) is 5.75 Å². The van der Waals surface area contributed by atoms with Gasteiger partial charge in [-0.1, -0.05) is 0 Å². The van der Waals surface area contributed by atoms with Crippen LogP contribution in [0.2, 0.25) is 0 Å². The average Bonchev–Trinajstić information content (AvgIpc) is 2.21. The van der Waals surface area contributed by atoms with E-state index < -0.39 is 19.0 Å². The third-order valence-corrected chi connectivity index (χ3v) is 2.17. The zero-order valence-corrected chi connectivity index (χ0v) is 8.60. The number of aromatic nitrogens is 1. The summed E-state index contributed by atoms with van der Waals surface area (Å²) in [6.07, 6.45) is -0.0290. The minimum atomic E-state index is -1.12. The van der Waals surface area contributed by atoms with E-state index in [4.69, 9.17) is 10.2 Å². The van der Waals surface area contributed by atoms with Crippen LogP contribution in [0.1, 0.15) is 27.3 Å². The van der Waals surface area contributed by atoms with Crippen LogP contribution < -0.4 is 0 Å². The average molecular weight is 225 g/mol. The predicted octanol–water partition coefficient (Wildman–Crippen LogP) is 0.0275. The molecule has 6 nitrogen and oxygen atoms in total. The molecule has 0 saturated carbocycles. The van der Waals surface area contributed by atoms with Gasteiger partial charge in [0, 0.05) is 5.56 Å². The summed E-state index contributed by atoms with van der Waals surface area (Å²) in [5, 5.41) is 27.2. The lowest BCUT2D eigenvalue weighted by atomic mass is 10.0. The Labute approximate surface area is 91.2 Å². The number of hydrogen-bond donors (Lipinski definition) is 3. The Morgan fingerprint density at radius 3 is 2.56 bits per heavy atom. The summed E-state index contributed by atoms with van der Waals surface area (Å²) in [7, 11) is 0. The Morgan fingerprint density at radius 2 is 2.12 bits per heavy atom. The number of rotatable bonds is 4. The number of carboxylic acid groups (broad SMARTS) is 1. The largest absolute Gasteiger partial charge is 0.505 e. The monoisotopic (exact) mass is 225 g/mol. The molecule has 1 aromatic heterocycles. The molecule has 0 amide bonds. The first-order chi connectivity index (χ1) is 7.51. The number of aliphatic hydroxyl groups is 1. The van der Waals surface area contributed by atoms with Crippen molar-refractivity contribution in [3.8, 4) is 5.75 Å². The third-order valence-electron chi connectivity index (χ3n) is 2.17. The number of pyridine rings is 1. The second-order valence-corrected chi connectivity index (χ2v) is 3.23. The van der Waals surface area contributed by atoms with Crippen molar-refractivity contribution in [1.29, 1.82) is 0 Å². The molecule has 0 spiro atoms. The summed E-state index contributed by atoms with van der Waals surface area (Å²) < 4.78 is 0. The van der Waals surface area contributed by atoms with Crippen molar-refractivity contribution in [3.63, 3.8) is 0 Å². The number of aliphatic carboxylic acids is 1. The molecule has 1 aromatic rings. The maximum absolute atomic E-state index is 10.8. The number of aliphatic hydroxyl groups excluding tert-OH is 1. The molecule has 0 atom stereocenters. The van der Waals surface area contributed by atoms with E-state index >= 15 is 0 Å². The Morgan fingerprint density at radius 1 is 1.50 bits per heavy atom. The molecule has 1 heterocycles. The van der Waals surface area contributed by atoms with Gasteiger partial charge in [0.05, 0.1) is 30.0 Å². The maximum Gasteiger partial charge on any atom is 0.309 e. The van der Waals surface area contributed by atoms with E-state index in [1.807, 2.05) is 0 Å². The van der Waals surface area contributed by atoms with Crippen LogP contribution in [0.4, 0.5) is 0 Å². The van der Waals surface area contributed by atoms with Gasteiger partial charge in [-0.05, 0) is 6.92 Å². The minimum Gasteiger partial charge on any atom is -0.505 e. The lowest BCUT2D eigenvalue weighted by Crippen LogP contribution is -2.10. The molecule has 0 unspecified atom stereocenters. The van der Waals surface area contributed by atoms with Crippen LogP contribution in [0, 0.1) is 6.92 Å². The number of hydrogen-bond acceptors (Lipinski definition) is 5. The number of carbonyl (C=O) groups excluding carboxylic acids is 1. The van der Waals surface area contributed by atoms with Gasteiger partial charge < -0.3 is 15.3 Å². The van der Waals surface area contributed by atoms with E-state index in [1.54, 1.807) is 0 Å². The number of nitrogens with zero attached hydrogens (tertiary/aromatic N) is 1. The van der Waals surface area contributed by atoms with Crippen molar-refractivity contribution in [1.82, 2.24) is 4.98 Å². The van der Waals surface area contributed by atoms with E-state index in [-0.39, 0.29) is 28.3 Å². The topological polar surface area (TPSA) is 108 Å². The van der Waals surface area contributed by atoms with Crippen molar-refractivity contribution >= 4 is 12.3 Å². The third kappa shape index (κ3) is 2.17. The van der Waals surface area contributed by atoms with E-state index in [9.17, 15) is 14.7 Å². The summed E-state index contributed by atoms with van der Waals surface area (Å²) in [5.74, 6) is -1.45. The standard InChI is InChI=1S/C10H11NO5/c1-5-10(16)7(4-13)6(3-12)8(11-5)2-9(14)15/h4,12,16H,2-3H2,1H3,(H,14,15). The Hall–Kier alpha value is -1.95. The van der Waals surface area contributed by atoms with Crippen LogP contribution in [0.3, 0.4) is 0 Å². The first kappa shape index (κ1) is 12.1. The smallest absolute Gasteiger partial charge is 0.309 e. The SMILES string of the molecule is Cc1nc(CC(=O)O)c(CO)c(C=O)c1O. The van der Waals surface area contributed by atoms with Gasteiger partial charge in [0.25, 0.3) is 0 Å². The van der Waals surface area contributed by atoms with E-state index in [1.165, 1.54) is 6.92 Å². The summed E-state index contributed by atoms with van der Waals surface area (Å²) in [5.41, 5.74) is 0.203. The number of carbonyl (C=O) groups is 2. The van der Waals surface area contributed by atoms with Gasteiger partial charge >= 0.3 is 5.97 Å². The molecule has 6 heteroatoms. The van der Waals surface area contributed by atoms with Crippen LogP contribution in [-0.2, 0) is 17.8 Å². The van der Waals surface area contributed by atoms with Crippen LogP contribution >= 0.6 is 0 Å². The molecule has 86 valence electrons. The summed E-state index contributed by atoms with van der Waals surface area (Å²) in [6, 6.07) is 0. The molecule has 0 aliphatic carbocycles. The highest BCUT2D eigenvalue weighted by molar-refractivity contribution is 5.83. The molecule has 3 N–H and O–H groups in total. The number of carboxylic acids is 1. The Kier molecular flexibility index (Phi) is 3.57. The van der Waals surface area contributed by atoms with Crippen LogP contribution in [0.25, 0.3) is 0 Å². The molecule has 0 bridgehead atoms. The lowest BCUT2D eigenvalue weighted by Gasteiger charge is -2.11. The van der Waals surface area contributed by atoms with E-state index in [0.29, 0.717) is 6.29 Å². The van der Waals surface area contributed by atoms with Crippen molar-refractivity contribution in [2.24, 2.45) is 0 Å². The molecule has 0 aliphatic heterocycles. The molecule has 0 aromatic carbocycles. The summed E-state index contributed by atoms with van der Waals surface area (Å²) in [4.78, 5) is 25.2. The van der Waals surface area contributed by atoms with E-state index in [0.717, 1.165) is 0 Å². The molecule has 0 fully saturated rings. The Balaban J connectivity index is 3.43. The Bertz CT molecular complexity index is 441. The van der Waals surface area contributed by atoms with Gasteiger partial charge in [-0.15, -0.1) is 0 Å². The number of aromatic hydroxyl groups is 1. The van der Waals surface area contributed by atoms with Gasteiger partial charge in [0.2, 0.25) is 0 Å².